The van der Waals surface area contributed by atoms with E-state index < -0.39 is 0 Å². The quantitative estimate of drug-likeness (QED) is 0.944. The maximum Gasteiger partial charge on any atom is 0.190 e. The molecule has 0 bridgehead atoms. The van der Waals surface area contributed by atoms with Crippen molar-refractivity contribution < 1.29 is 4.39 Å². The van der Waals surface area contributed by atoms with Gasteiger partial charge in [-0.1, -0.05) is 6.07 Å². The van der Waals surface area contributed by atoms with E-state index in [0.29, 0.717) is 21.1 Å². The predicted octanol–water partition coefficient (Wildman–Crippen LogP) is 2.33. The highest BCUT2D eigenvalue weighted by atomic mass is 79.9. The van der Waals surface area contributed by atoms with Gasteiger partial charge in [0.25, 0.3) is 0 Å². The van der Waals surface area contributed by atoms with Gasteiger partial charge in [-0.2, -0.15) is 5.10 Å². The van der Waals surface area contributed by atoms with E-state index in [1.807, 2.05) is 0 Å². The highest BCUT2D eigenvalue weighted by Crippen LogP contribution is 2.33. The zero-order chi connectivity index (χ0) is 12.4. The van der Waals surface area contributed by atoms with Crippen LogP contribution in [0.15, 0.2) is 33.0 Å². The lowest BCUT2D eigenvalue weighted by atomic mass is 10.2. The van der Waals surface area contributed by atoms with Crippen molar-refractivity contribution in [2.24, 2.45) is 12.8 Å². The summed E-state index contributed by atoms with van der Waals surface area (Å²) < 4.78 is 16.0. The topological polar surface area (TPSA) is 56.7 Å². The molecule has 0 unspecified atom stereocenters. The Balaban J connectivity index is 2.35. The standard InChI is InChI=1S/C10H10BrFN4S/c1-16-10(14-5-15-16)17-7-3-2-6(4-13)8(11)9(7)12/h2-3,5H,4,13H2,1H3. The Morgan fingerprint density at radius 3 is 2.88 bits per heavy atom. The van der Waals surface area contributed by atoms with E-state index in [1.165, 1.54) is 18.1 Å². The molecule has 1 aromatic heterocycles. The lowest BCUT2D eigenvalue weighted by Gasteiger charge is -2.07. The summed E-state index contributed by atoms with van der Waals surface area (Å²) in [5, 5.41) is 4.56. The Bertz CT molecular complexity index is 543. The Hall–Kier alpha value is -0.920. The molecule has 2 N–H and O–H groups in total. The maximum absolute atomic E-state index is 14.0. The van der Waals surface area contributed by atoms with Crippen LogP contribution < -0.4 is 5.73 Å². The van der Waals surface area contributed by atoms with Crippen LogP contribution in [-0.2, 0) is 13.6 Å². The number of aryl methyl sites for hydroxylation is 1. The third kappa shape index (κ3) is 2.51. The molecule has 1 aromatic carbocycles. The Kier molecular flexibility index (Phi) is 3.80. The molecule has 0 aliphatic carbocycles. The molecular formula is C10H10BrFN4S. The first-order valence-electron chi connectivity index (χ1n) is 4.82. The molecule has 0 saturated carbocycles. The molecule has 0 atom stereocenters. The van der Waals surface area contributed by atoms with Gasteiger partial charge in [-0.15, -0.1) is 0 Å². The van der Waals surface area contributed by atoms with Crippen molar-refractivity contribution in [1.82, 2.24) is 14.8 Å². The molecular weight excluding hydrogens is 307 g/mol. The van der Waals surface area contributed by atoms with E-state index in [2.05, 4.69) is 26.0 Å². The predicted molar refractivity (Wildman–Crippen MR) is 67.1 cm³/mol. The number of nitrogens with two attached hydrogens (primary N) is 1. The lowest BCUT2D eigenvalue weighted by Crippen LogP contribution is -2.00. The van der Waals surface area contributed by atoms with Crippen molar-refractivity contribution in [2.75, 3.05) is 0 Å². The average molecular weight is 317 g/mol. The fraction of sp³-hybridized carbons (Fsp3) is 0.200. The minimum atomic E-state index is -0.319. The van der Waals surface area contributed by atoms with Crippen molar-refractivity contribution in [1.29, 1.82) is 0 Å². The van der Waals surface area contributed by atoms with Crippen LogP contribution in [0, 0.1) is 5.82 Å². The second kappa shape index (κ2) is 5.16. The summed E-state index contributed by atoms with van der Waals surface area (Å²) in [6, 6.07) is 3.49. The van der Waals surface area contributed by atoms with Crippen LogP contribution in [-0.4, -0.2) is 14.8 Å². The molecule has 90 valence electrons. The van der Waals surface area contributed by atoms with Crippen LogP contribution in [0.25, 0.3) is 0 Å². The first kappa shape index (κ1) is 12.5. The van der Waals surface area contributed by atoms with Gasteiger partial charge >= 0.3 is 0 Å². The maximum atomic E-state index is 14.0. The van der Waals surface area contributed by atoms with E-state index in [4.69, 9.17) is 5.73 Å². The van der Waals surface area contributed by atoms with Crippen molar-refractivity contribution in [3.05, 3.63) is 34.3 Å². The van der Waals surface area contributed by atoms with Gasteiger partial charge in [0.05, 0.1) is 9.37 Å². The molecule has 2 rings (SSSR count). The Morgan fingerprint density at radius 2 is 2.29 bits per heavy atom. The fourth-order valence-corrected chi connectivity index (χ4v) is 2.73. The van der Waals surface area contributed by atoms with Crippen molar-refractivity contribution in [3.8, 4) is 0 Å². The zero-order valence-electron chi connectivity index (χ0n) is 9.02. The second-order valence-corrected chi connectivity index (χ2v) is 5.13. The van der Waals surface area contributed by atoms with Crippen LogP contribution in [0.4, 0.5) is 4.39 Å². The van der Waals surface area contributed by atoms with E-state index in [1.54, 1.807) is 23.9 Å². The van der Waals surface area contributed by atoms with Crippen LogP contribution in [0.2, 0.25) is 0 Å². The average Bonchev–Trinajstić information content (AvgIpc) is 2.71. The Morgan fingerprint density at radius 1 is 1.53 bits per heavy atom. The molecule has 0 amide bonds. The van der Waals surface area contributed by atoms with Crippen molar-refractivity contribution >= 4 is 27.7 Å². The summed E-state index contributed by atoms with van der Waals surface area (Å²) in [5.74, 6) is -0.319. The molecule has 4 nitrogen and oxygen atoms in total. The van der Waals surface area contributed by atoms with Crippen LogP contribution >= 0.6 is 27.7 Å². The number of benzene rings is 1. The minimum absolute atomic E-state index is 0.298. The molecule has 17 heavy (non-hydrogen) atoms. The van der Waals surface area contributed by atoms with E-state index in [-0.39, 0.29) is 5.82 Å². The molecule has 0 saturated heterocycles. The summed E-state index contributed by atoms with van der Waals surface area (Å²) >= 11 is 4.43. The SMILES string of the molecule is Cn1ncnc1Sc1ccc(CN)c(Br)c1F. The third-order valence-electron chi connectivity index (χ3n) is 2.22. The number of halogens is 2. The number of hydrogen-bond donors (Lipinski definition) is 1. The smallest absolute Gasteiger partial charge is 0.190 e. The van der Waals surface area contributed by atoms with Gasteiger partial charge in [0.2, 0.25) is 0 Å². The van der Waals surface area contributed by atoms with Crippen molar-refractivity contribution in [2.45, 2.75) is 16.6 Å². The first-order valence-corrected chi connectivity index (χ1v) is 6.43. The number of hydrogen-bond acceptors (Lipinski definition) is 4. The summed E-state index contributed by atoms with van der Waals surface area (Å²) in [5.41, 5.74) is 6.24. The first-order chi connectivity index (χ1) is 8.13. The van der Waals surface area contributed by atoms with Gasteiger partial charge in [0, 0.05) is 13.6 Å². The fourth-order valence-electron chi connectivity index (χ4n) is 1.28. The van der Waals surface area contributed by atoms with Gasteiger partial charge in [-0.25, -0.2) is 14.1 Å². The van der Waals surface area contributed by atoms with Crippen LogP contribution in [0.5, 0.6) is 0 Å². The monoisotopic (exact) mass is 316 g/mol. The highest BCUT2D eigenvalue weighted by molar-refractivity contribution is 9.10. The summed E-state index contributed by atoms with van der Waals surface area (Å²) in [6.45, 7) is 0.298. The normalized spacial score (nSPS) is 10.8. The number of nitrogens with zero attached hydrogens (tertiary/aromatic N) is 3. The largest absolute Gasteiger partial charge is 0.326 e. The lowest BCUT2D eigenvalue weighted by molar-refractivity contribution is 0.591. The summed E-state index contributed by atoms with van der Waals surface area (Å²) in [7, 11) is 1.76. The van der Waals surface area contributed by atoms with Gasteiger partial charge in [0.1, 0.15) is 6.33 Å². The molecule has 1 heterocycles. The molecule has 0 aliphatic heterocycles. The second-order valence-electron chi connectivity index (χ2n) is 3.32. The molecule has 0 spiro atoms. The van der Waals surface area contributed by atoms with Gasteiger partial charge < -0.3 is 5.73 Å². The summed E-state index contributed by atoms with van der Waals surface area (Å²) in [4.78, 5) is 4.52. The molecule has 7 heteroatoms. The van der Waals surface area contributed by atoms with Gasteiger partial charge in [-0.3, -0.25) is 0 Å². The van der Waals surface area contributed by atoms with E-state index in [9.17, 15) is 4.39 Å². The molecule has 0 fully saturated rings. The third-order valence-corrected chi connectivity index (χ3v) is 4.16. The van der Waals surface area contributed by atoms with Crippen LogP contribution in [0.1, 0.15) is 5.56 Å². The van der Waals surface area contributed by atoms with E-state index >= 15 is 0 Å². The number of rotatable bonds is 3. The zero-order valence-corrected chi connectivity index (χ0v) is 11.4. The molecule has 2 aromatic rings. The summed E-state index contributed by atoms with van der Waals surface area (Å²) in [6.07, 6.45) is 1.43. The molecule has 0 radical (unpaired) electrons. The van der Waals surface area contributed by atoms with Gasteiger partial charge in [0.15, 0.2) is 11.0 Å². The molecule has 0 aliphatic rings. The van der Waals surface area contributed by atoms with Crippen LogP contribution in [0.3, 0.4) is 0 Å². The minimum Gasteiger partial charge on any atom is -0.326 e. The van der Waals surface area contributed by atoms with Gasteiger partial charge in [-0.05, 0) is 39.3 Å². The number of aromatic nitrogens is 3. The Labute approximate surface area is 111 Å². The highest BCUT2D eigenvalue weighted by Gasteiger charge is 2.13. The van der Waals surface area contributed by atoms with Crippen molar-refractivity contribution in [3.63, 3.8) is 0 Å². The van der Waals surface area contributed by atoms with E-state index in [0.717, 1.165) is 5.56 Å².